The van der Waals surface area contributed by atoms with E-state index in [1.54, 1.807) is 21.3 Å². The van der Waals surface area contributed by atoms with Crippen molar-refractivity contribution < 1.29 is 83.0 Å². The normalized spacial score (nSPS) is 9.00. The molecule has 0 atom stereocenters. The molecule has 0 spiro atoms. The summed E-state index contributed by atoms with van der Waals surface area (Å²) in [6.45, 7) is 11.5. The Morgan fingerprint density at radius 2 is 0.619 bits per heavy atom. The molecule has 0 fully saturated rings. The third kappa shape index (κ3) is 45.4. The van der Waals surface area contributed by atoms with Crippen LogP contribution in [0.1, 0.15) is 96.3 Å². The maximum atomic E-state index is 8.71. The third-order valence-electron chi connectivity index (χ3n) is 5.82. The van der Waals surface area contributed by atoms with Gasteiger partial charge in [0.1, 0.15) is 0 Å². The van der Waals surface area contributed by atoms with Gasteiger partial charge in [0.05, 0.1) is 60.4 Å². The minimum absolute atomic E-state index is 0. The summed E-state index contributed by atoms with van der Waals surface area (Å²) in [5.74, 6) is 1.79. The number of aliphatic hydroxyl groups excluding tert-OH is 3. The van der Waals surface area contributed by atoms with Crippen molar-refractivity contribution in [2.45, 2.75) is 96.3 Å². The molecule has 0 unspecified atom stereocenters. The van der Waals surface area contributed by atoms with Gasteiger partial charge in [-0.25, -0.2) is 16.2 Å². The first kappa shape index (κ1) is 53.0. The SMILES string of the molecule is C=C(CO)CCCCC(=[NH2+])OC.C=C(CO)CCCCCC(=[NH2+])OC.C=C(CO)CCCCCCC(=[NH2+])OC.[Cl-].[Cl-].[Cl-]. The maximum Gasteiger partial charge on any atom is 0.332 e. The quantitative estimate of drug-likeness (QED) is 0.0309. The minimum Gasteiger partial charge on any atom is -1.00 e. The fourth-order valence-corrected chi connectivity index (χ4v) is 3.10. The number of rotatable bonds is 21. The zero-order valence-electron chi connectivity index (χ0n) is 26.3. The summed E-state index contributed by atoms with van der Waals surface area (Å²) in [5.41, 5.74) is 2.71. The van der Waals surface area contributed by atoms with Gasteiger partial charge in [-0.3, -0.25) is 0 Å². The van der Waals surface area contributed by atoms with Crippen molar-refractivity contribution in [1.82, 2.24) is 0 Å². The molecular formula is C30H60Cl3N3O6. The van der Waals surface area contributed by atoms with Crippen LogP contribution in [-0.4, -0.2) is 74.2 Å². The van der Waals surface area contributed by atoms with E-state index in [1.165, 1.54) is 0 Å². The van der Waals surface area contributed by atoms with Gasteiger partial charge in [-0.05, 0) is 57.8 Å². The molecule has 12 heteroatoms. The van der Waals surface area contributed by atoms with Crippen LogP contribution in [0.2, 0.25) is 0 Å². The molecule has 0 saturated heterocycles. The van der Waals surface area contributed by atoms with Gasteiger partial charge < -0.3 is 66.8 Å². The molecule has 0 aromatic heterocycles. The molecule has 9 N–H and O–H groups in total. The summed E-state index contributed by atoms with van der Waals surface area (Å²) in [6, 6.07) is 0. The Kier molecular flexibility index (Phi) is 52.4. The highest BCUT2D eigenvalue weighted by atomic mass is 35.5. The van der Waals surface area contributed by atoms with Crippen molar-refractivity contribution >= 4 is 17.7 Å². The number of hydrogen-bond donors (Lipinski definition) is 6. The molecule has 0 amide bonds. The number of aliphatic hydroxyl groups is 3. The van der Waals surface area contributed by atoms with E-state index in [0.29, 0.717) is 17.7 Å². The second kappa shape index (κ2) is 41.5. The van der Waals surface area contributed by atoms with Crippen molar-refractivity contribution in [2.75, 3.05) is 41.2 Å². The highest BCUT2D eigenvalue weighted by Crippen LogP contribution is 2.10. The summed E-state index contributed by atoms with van der Waals surface area (Å²) in [4.78, 5) is 0. The Bertz CT molecular complexity index is 639. The van der Waals surface area contributed by atoms with Gasteiger partial charge in [0.25, 0.3) is 0 Å². The standard InChI is InChI=1S/C11H21NO2.C10H19NO2.C9H17NO2.3ClH/c1-10(9-13)7-5-3-4-6-8-11(12)14-2;1-9(8-12)6-4-3-5-7-10(11)13-2;1-8(7-11)5-3-4-6-9(10)12-2;;;/h12-13H,1,3-9H2,2H3;11-12H,1,3-8H2,2H3;10-11H,1,3-7H2,2H3;3*1H. The Balaban J connectivity index is -0.000000112. The van der Waals surface area contributed by atoms with E-state index >= 15 is 0 Å². The summed E-state index contributed by atoms with van der Waals surface area (Å²) < 4.78 is 14.5. The van der Waals surface area contributed by atoms with E-state index in [2.05, 4.69) is 19.7 Å². The lowest BCUT2D eigenvalue weighted by Gasteiger charge is -2.01. The highest BCUT2D eigenvalue weighted by molar-refractivity contribution is 5.69. The van der Waals surface area contributed by atoms with Crippen LogP contribution in [0.5, 0.6) is 0 Å². The molecule has 0 aromatic carbocycles. The molecule has 252 valence electrons. The molecule has 0 saturated carbocycles. The third-order valence-corrected chi connectivity index (χ3v) is 5.82. The largest absolute Gasteiger partial charge is 1.00 e. The Hall–Kier alpha value is -1.62. The first-order chi connectivity index (χ1) is 18.6. The molecular weight excluding hydrogens is 605 g/mol. The van der Waals surface area contributed by atoms with Crippen molar-refractivity contribution in [3.8, 4) is 0 Å². The van der Waals surface area contributed by atoms with Crippen LogP contribution in [-0.2, 0) is 14.2 Å². The maximum absolute atomic E-state index is 8.71. The van der Waals surface area contributed by atoms with Crippen molar-refractivity contribution in [2.24, 2.45) is 0 Å². The number of ether oxygens (including phenoxy) is 3. The van der Waals surface area contributed by atoms with Crippen molar-refractivity contribution in [3.63, 3.8) is 0 Å². The van der Waals surface area contributed by atoms with E-state index in [4.69, 9.17) is 45.8 Å². The van der Waals surface area contributed by atoms with E-state index < -0.39 is 0 Å². The van der Waals surface area contributed by atoms with E-state index in [9.17, 15) is 0 Å². The lowest BCUT2D eigenvalue weighted by Crippen LogP contribution is -3.00. The van der Waals surface area contributed by atoms with Gasteiger partial charge in [-0.15, -0.1) is 0 Å². The monoisotopic (exact) mass is 663 g/mol. The number of unbranched alkanes of at least 4 members (excludes halogenated alkanes) is 6. The Labute approximate surface area is 274 Å². The second-order valence-electron chi connectivity index (χ2n) is 9.42. The smallest absolute Gasteiger partial charge is 0.332 e. The Morgan fingerprint density at radius 1 is 0.429 bits per heavy atom. The lowest BCUT2D eigenvalue weighted by atomic mass is 10.1. The topological polar surface area (TPSA) is 165 Å². The van der Waals surface area contributed by atoms with Gasteiger partial charge in [-0.2, -0.15) is 0 Å². The summed E-state index contributed by atoms with van der Waals surface area (Å²) in [6.07, 6.45) is 14.8. The predicted octanol–water partition coefficient (Wildman–Crippen LogP) is -8.12. The Morgan fingerprint density at radius 3 is 0.857 bits per heavy atom. The number of methoxy groups -OCH3 is 3. The molecule has 0 rings (SSSR count). The average Bonchev–Trinajstić information content (AvgIpc) is 2.96. The van der Waals surface area contributed by atoms with Gasteiger partial charge in [0.15, 0.2) is 0 Å². The van der Waals surface area contributed by atoms with E-state index in [1.807, 2.05) is 0 Å². The van der Waals surface area contributed by atoms with Crippen LogP contribution in [0.4, 0.5) is 0 Å². The summed E-state index contributed by atoms with van der Waals surface area (Å²) >= 11 is 0. The number of hydrogen-bond acceptors (Lipinski definition) is 6. The van der Waals surface area contributed by atoms with Gasteiger partial charge >= 0.3 is 17.7 Å². The van der Waals surface area contributed by atoms with Crippen LogP contribution >= 0.6 is 0 Å². The fourth-order valence-electron chi connectivity index (χ4n) is 3.10. The number of halogens is 3. The predicted molar refractivity (Wildman–Crippen MR) is 160 cm³/mol. The van der Waals surface area contributed by atoms with Gasteiger partial charge in [-0.1, -0.05) is 55.7 Å². The van der Waals surface area contributed by atoms with Crippen LogP contribution in [0, 0.1) is 0 Å². The minimum atomic E-state index is 0. The van der Waals surface area contributed by atoms with Crippen LogP contribution in [0.15, 0.2) is 36.5 Å². The molecule has 0 aliphatic carbocycles. The molecule has 0 aliphatic heterocycles. The summed E-state index contributed by atoms with van der Waals surface area (Å²) in [7, 11) is 4.76. The second-order valence-corrected chi connectivity index (χ2v) is 9.42. The average molecular weight is 665 g/mol. The van der Waals surface area contributed by atoms with Gasteiger partial charge in [0, 0.05) is 0 Å². The lowest BCUT2D eigenvalue weighted by molar-refractivity contribution is -0.141. The van der Waals surface area contributed by atoms with Crippen molar-refractivity contribution in [3.05, 3.63) is 36.5 Å². The molecule has 0 bridgehead atoms. The fraction of sp³-hybridized carbons (Fsp3) is 0.700. The first-order valence-corrected chi connectivity index (χ1v) is 13.9. The first-order valence-electron chi connectivity index (χ1n) is 13.9. The summed E-state index contributed by atoms with van der Waals surface area (Å²) in [5, 5.41) is 42.4. The molecule has 9 nitrogen and oxygen atoms in total. The molecule has 42 heavy (non-hydrogen) atoms. The zero-order chi connectivity index (χ0) is 30.3. The van der Waals surface area contributed by atoms with Crippen LogP contribution in [0.25, 0.3) is 0 Å². The zero-order valence-corrected chi connectivity index (χ0v) is 28.5. The van der Waals surface area contributed by atoms with E-state index in [0.717, 1.165) is 113 Å². The molecule has 0 aliphatic rings. The molecule has 0 aromatic rings. The van der Waals surface area contributed by atoms with Crippen LogP contribution in [0.3, 0.4) is 0 Å². The van der Waals surface area contributed by atoms with Gasteiger partial charge in [0.2, 0.25) is 0 Å². The van der Waals surface area contributed by atoms with Crippen LogP contribution < -0.4 is 53.4 Å². The molecule has 0 radical (unpaired) electrons. The van der Waals surface area contributed by atoms with E-state index in [-0.39, 0.29) is 57.0 Å². The van der Waals surface area contributed by atoms with Crippen molar-refractivity contribution in [1.29, 1.82) is 0 Å². The highest BCUT2D eigenvalue weighted by Gasteiger charge is 2.02. The molecule has 0 heterocycles. The number of nitrogens with two attached hydrogens (primary N) is 3.